The average molecular weight is 380 g/mol. The number of nitro groups is 1. The van der Waals surface area contributed by atoms with Gasteiger partial charge in [-0.15, -0.1) is 0 Å². The number of carbonyl (C=O) groups is 1. The van der Waals surface area contributed by atoms with Crippen LogP contribution in [0.25, 0.3) is 0 Å². The number of aryl methyl sites for hydroxylation is 1. The summed E-state index contributed by atoms with van der Waals surface area (Å²) in [5.41, 5.74) is 0.622. The number of para-hydroxylation sites is 1. The average Bonchev–Trinajstić information content (AvgIpc) is 2.47. The summed E-state index contributed by atoms with van der Waals surface area (Å²) in [6.07, 6.45) is 0. The van der Waals surface area contributed by atoms with E-state index in [1.165, 1.54) is 0 Å². The van der Waals surface area contributed by atoms with Crippen molar-refractivity contribution in [3.8, 4) is 0 Å². The van der Waals surface area contributed by atoms with Gasteiger partial charge in [0, 0.05) is 30.8 Å². The Morgan fingerprint density at radius 1 is 1.19 bits per heavy atom. The molecule has 1 rings (SSSR count). The van der Waals surface area contributed by atoms with Crippen LogP contribution in [-0.2, 0) is 16.1 Å². The van der Waals surface area contributed by atoms with Crippen molar-refractivity contribution in [2.24, 2.45) is 5.41 Å². The standard InChI is InChI=1S/C20H33N3O4/c1-14-9-8-10-15(16(14)23(25)26)13-21-11-12-22-17(19(2,3)4)18(24)27-20(5,6)7/h8-10,17,21-22H,11-13H2,1-7H3/t17-/m1/s1. The lowest BCUT2D eigenvalue weighted by Crippen LogP contribution is -2.50. The van der Waals surface area contributed by atoms with Gasteiger partial charge in [-0.25, -0.2) is 0 Å². The summed E-state index contributed by atoms with van der Waals surface area (Å²) in [5.74, 6) is -0.274. The maximum Gasteiger partial charge on any atom is 0.324 e. The molecule has 0 bridgehead atoms. The molecule has 0 aromatic heterocycles. The van der Waals surface area contributed by atoms with Crippen molar-refractivity contribution < 1.29 is 14.5 Å². The van der Waals surface area contributed by atoms with Gasteiger partial charge in [-0.1, -0.05) is 39.0 Å². The van der Waals surface area contributed by atoms with E-state index in [9.17, 15) is 14.9 Å². The Balaban J connectivity index is 2.60. The summed E-state index contributed by atoms with van der Waals surface area (Å²) in [7, 11) is 0. The first-order chi connectivity index (χ1) is 12.3. The highest BCUT2D eigenvalue weighted by molar-refractivity contribution is 5.77. The lowest BCUT2D eigenvalue weighted by atomic mass is 9.86. The molecule has 0 spiro atoms. The zero-order chi connectivity index (χ0) is 20.8. The second-order valence-corrected chi connectivity index (χ2v) is 8.80. The van der Waals surface area contributed by atoms with Crippen LogP contribution < -0.4 is 10.6 Å². The van der Waals surface area contributed by atoms with Crippen molar-refractivity contribution >= 4 is 11.7 Å². The van der Waals surface area contributed by atoms with Gasteiger partial charge in [0.15, 0.2) is 0 Å². The van der Waals surface area contributed by atoms with Crippen LogP contribution in [0.2, 0.25) is 0 Å². The van der Waals surface area contributed by atoms with Gasteiger partial charge >= 0.3 is 5.97 Å². The first kappa shape index (κ1) is 23.0. The second-order valence-electron chi connectivity index (χ2n) is 8.80. The molecule has 0 aliphatic heterocycles. The SMILES string of the molecule is Cc1cccc(CNCCN[C@H](C(=O)OC(C)(C)C)C(C)(C)C)c1[N+](=O)[O-]. The first-order valence-electron chi connectivity index (χ1n) is 9.23. The molecule has 7 heteroatoms. The van der Waals surface area contributed by atoms with Gasteiger partial charge in [0.05, 0.1) is 4.92 Å². The van der Waals surface area contributed by atoms with E-state index in [-0.39, 0.29) is 22.0 Å². The van der Waals surface area contributed by atoms with Gasteiger partial charge in [-0.2, -0.15) is 0 Å². The number of rotatable bonds is 8. The topological polar surface area (TPSA) is 93.5 Å². The molecule has 0 saturated heterocycles. The van der Waals surface area contributed by atoms with Crippen LogP contribution in [0.1, 0.15) is 52.7 Å². The van der Waals surface area contributed by atoms with E-state index in [0.717, 1.165) is 0 Å². The molecule has 1 aromatic carbocycles. The lowest BCUT2D eigenvalue weighted by Gasteiger charge is -2.32. The van der Waals surface area contributed by atoms with Gasteiger partial charge in [0.1, 0.15) is 11.6 Å². The smallest absolute Gasteiger partial charge is 0.324 e. The van der Waals surface area contributed by atoms with Gasteiger partial charge in [-0.05, 0) is 33.1 Å². The van der Waals surface area contributed by atoms with Gasteiger partial charge in [-0.3, -0.25) is 14.9 Å². The maximum absolute atomic E-state index is 12.5. The largest absolute Gasteiger partial charge is 0.459 e. The predicted molar refractivity (Wildman–Crippen MR) is 107 cm³/mol. The number of hydrogen-bond acceptors (Lipinski definition) is 6. The van der Waals surface area contributed by atoms with Crippen LogP contribution in [0.15, 0.2) is 18.2 Å². The van der Waals surface area contributed by atoms with Crippen molar-refractivity contribution in [1.29, 1.82) is 0 Å². The van der Waals surface area contributed by atoms with E-state index in [4.69, 9.17) is 4.74 Å². The second kappa shape index (κ2) is 9.28. The number of ether oxygens (including phenoxy) is 1. The number of nitrogens with one attached hydrogen (secondary N) is 2. The third kappa shape index (κ3) is 7.64. The molecule has 0 aliphatic carbocycles. The minimum atomic E-state index is -0.537. The van der Waals surface area contributed by atoms with E-state index < -0.39 is 11.6 Å². The third-order valence-electron chi connectivity index (χ3n) is 3.98. The van der Waals surface area contributed by atoms with E-state index in [2.05, 4.69) is 10.6 Å². The van der Waals surface area contributed by atoms with E-state index in [0.29, 0.717) is 30.8 Å². The Morgan fingerprint density at radius 2 is 1.81 bits per heavy atom. The van der Waals surface area contributed by atoms with Crippen LogP contribution in [0.5, 0.6) is 0 Å². The van der Waals surface area contributed by atoms with Crippen LogP contribution in [0.3, 0.4) is 0 Å². The van der Waals surface area contributed by atoms with Crippen LogP contribution >= 0.6 is 0 Å². The van der Waals surface area contributed by atoms with Gasteiger partial charge in [0.25, 0.3) is 5.69 Å². The van der Waals surface area contributed by atoms with E-state index in [1.54, 1.807) is 19.1 Å². The molecule has 0 fully saturated rings. The van der Waals surface area contributed by atoms with Crippen molar-refractivity contribution in [2.45, 2.75) is 66.7 Å². The molecule has 0 saturated carbocycles. The minimum Gasteiger partial charge on any atom is -0.459 e. The molecule has 0 unspecified atom stereocenters. The fourth-order valence-electron chi connectivity index (χ4n) is 2.76. The molecular formula is C20H33N3O4. The molecule has 0 aliphatic rings. The molecule has 0 radical (unpaired) electrons. The maximum atomic E-state index is 12.5. The van der Waals surface area contributed by atoms with Crippen LogP contribution in [0, 0.1) is 22.5 Å². The van der Waals surface area contributed by atoms with Crippen LogP contribution in [-0.4, -0.2) is 35.6 Å². The Labute approximate surface area is 162 Å². The molecular weight excluding hydrogens is 346 g/mol. The molecule has 7 nitrogen and oxygen atoms in total. The molecule has 0 amide bonds. The molecule has 1 aromatic rings. The Hall–Kier alpha value is -1.99. The minimum absolute atomic E-state index is 0.152. The number of nitro benzene ring substituents is 1. The fraction of sp³-hybridized carbons (Fsp3) is 0.650. The summed E-state index contributed by atoms with van der Waals surface area (Å²) in [6.45, 7) is 14.7. The number of esters is 1. The Bertz CT molecular complexity index is 660. The zero-order valence-corrected chi connectivity index (χ0v) is 17.5. The fourth-order valence-corrected chi connectivity index (χ4v) is 2.76. The normalized spacial score (nSPS) is 13.3. The summed E-state index contributed by atoms with van der Waals surface area (Å²) in [6, 6.07) is 4.87. The molecule has 2 N–H and O–H groups in total. The Morgan fingerprint density at radius 3 is 2.33 bits per heavy atom. The molecule has 0 heterocycles. The highest BCUT2D eigenvalue weighted by Crippen LogP contribution is 2.23. The van der Waals surface area contributed by atoms with Crippen molar-refractivity contribution in [2.75, 3.05) is 13.1 Å². The highest BCUT2D eigenvalue weighted by Gasteiger charge is 2.34. The number of carbonyl (C=O) groups excluding carboxylic acids is 1. The molecule has 27 heavy (non-hydrogen) atoms. The van der Waals surface area contributed by atoms with Crippen molar-refractivity contribution in [3.05, 3.63) is 39.4 Å². The highest BCUT2D eigenvalue weighted by atomic mass is 16.6. The summed E-state index contributed by atoms with van der Waals surface area (Å²) < 4.78 is 5.51. The monoisotopic (exact) mass is 379 g/mol. The zero-order valence-electron chi connectivity index (χ0n) is 17.5. The molecule has 1 atom stereocenters. The summed E-state index contributed by atoms with van der Waals surface area (Å²) >= 11 is 0. The van der Waals surface area contributed by atoms with Gasteiger partial charge in [0.2, 0.25) is 0 Å². The van der Waals surface area contributed by atoms with Gasteiger partial charge < -0.3 is 15.4 Å². The Kier molecular flexibility index (Phi) is 7.92. The third-order valence-corrected chi connectivity index (χ3v) is 3.98. The lowest BCUT2D eigenvalue weighted by molar-refractivity contribution is -0.386. The predicted octanol–water partition coefficient (Wildman–Crippen LogP) is 3.34. The molecule has 152 valence electrons. The van der Waals surface area contributed by atoms with Crippen molar-refractivity contribution in [1.82, 2.24) is 10.6 Å². The van der Waals surface area contributed by atoms with E-state index in [1.807, 2.05) is 47.6 Å². The van der Waals surface area contributed by atoms with E-state index >= 15 is 0 Å². The van der Waals surface area contributed by atoms with Crippen LogP contribution in [0.4, 0.5) is 5.69 Å². The number of hydrogen-bond donors (Lipinski definition) is 2. The quantitative estimate of drug-likeness (QED) is 0.311. The number of nitrogens with zero attached hydrogens (tertiary/aromatic N) is 1. The summed E-state index contributed by atoms with van der Waals surface area (Å²) in [4.78, 5) is 23.4. The first-order valence-corrected chi connectivity index (χ1v) is 9.23. The van der Waals surface area contributed by atoms with Crippen molar-refractivity contribution in [3.63, 3.8) is 0 Å². The summed E-state index contributed by atoms with van der Waals surface area (Å²) in [5, 5.41) is 17.7. The number of benzene rings is 1.